The summed E-state index contributed by atoms with van der Waals surface area (Å²) in [6.07, 6.45) is 4.89. The first-order chi connectivity index (χ1) is 8.31. The molecule has 0 aliphatic carbocycles. The van der Waals surface area contributed by atoms with Crippen LogP contribution in [-0.4, -0.2) is 19.3 Å². The van der Waals surface area contributed by atoms with Crippen molar-refractivity contribution in [1.82, 2.24) is 0 Å². The van der Waals surface area contributed by atoms with E-state index in [1.54, 1.807) is 0 Å². The zero-order valence-corrected chi connectivity index (χ0v) is 10.5. The summed E-state index contributed by atoms with van der Waals surface area (Å²) in [6.45, 7) is 4.16. The lowest BCUT2D eigenvalue weighted by atomic mass is 9.93. The van der Waals surface area contributed by atoms with Gasteiger partial charge < -0.3 is 10.1 Å². The van der Waals surface area contributed by atoms with Gasteiger partial charge in [-0.2, -0.15) is 0 Å². The van der Waals surface area contributed by atoms with E-state index in [4.69, 9.17) is 4.74 Å². The van der Waals surface area contributed by atoms with Crippen LogP contribution < -0.4 is 5.32 Å². The number of rotatable bonds is 2. The lowest BCUT2D eigenvalue weighted by Crippen LogP contribution is -2.22. The number of hydrogen-bond donors (Lipinski definition) is 1. The standard InChI is InChI=1S/C15H21NO/c1-11-2-4-14-9-12(3-5-15(14)16-11)8-13-6-7-17-10-13/h3,5,9,11,13,16H,2,4,6-8,10H2,1H3. The van der Waals surface area contributed by atoms with E-state index in [9.17, 15) is 0 Å². The van der Waals surface area contributed by atoms with Gasteiger partial charge in [-0.05, 0) is 55.7 Å². The van der Waals surface area contributed by atoms with E-state index in [1.165, 1.54) is 42.5 Å². The molecule has 0 aromatic heterocycles. The van der Waals surface area contributed by atoms with Gasteiger partial charge in [-0.3, -0.25) is 0 Å². The van der Waals surface area contributed by atoms with Crippen molar-refractivity contribution < 1.29 is 4.74 Å². The van der Waals surface area contributed by atoms with Gasteiger partial charge in [0.2, 0.25) is 0 Å². The van der Waals surface area contributed by atoms with Gasteiger partial charge >= 0.3 is 0 Å². The molecule has 2 unspecified atom stereocenters. The maximum atomic E-state index is 5.44. The topological polar surface area (TPSA) is 21.3 Å². The molecule has 1 aromatic carbocycles. The number of benzene rings is 1. The summed E-state index contributed by atoms with van der Waals surface area (Å²) in [4.78, 5) is 0. The van der Waals surface area contributed by atoms with Gasteiger partial charge in [-0.1, -0.05) is 12.1 Å². The molecule has 2 atom stereocenters. The maximum Gasteiger partial charge on any atom is 0.0498 e. The van der Waals surface area contributed by atoms with Crippen LogP contribution in [0.1, 0.15) is 30.9 Å². The molecule has 2 heterocycles. The Morgan fingerprint density at radius 3 is 3.12 bits per heavy atom. The first kappa shape index (κ1) is 11.1. The minimum Gasteiger partial charge on any atom is -0.382 e. The fourth-order valence-corrected chi connectivity index (χ4v) is 2.91. The fourth-order valence-electron chi connectivity index (χ4n) is 2.91. The van der Waals surface area contributed by atoms with Crippen LogP contribution in [0.4, 0.5) is 5.69 Å². The van der Waals surface area contributed by atoms with E-state index in [0.29, 0.717) is 6.04 Å². The number of nitrogens with one attached hydrogen (secondary N) is 1. The molecular formula is C15H21NO. The molecule has 0 bridgehead atoms. The van der Waals surface area contributed by atoms with Crippen LogP contribution in [0.3, 0.4) is 0 Å². The van der Waals surface area contributed by atoms with E-state index in [1.807, 2.05) is 0 Å². The van der Waals surface area contributed by atoms with Gasteiger partial charge in [-0.15, -0.1) is 0 Å². The van der Waals surface area contributed by atoms with Crippen molar-refractivity contribution in [2.75, 3.05) is 18.5 Å². The van der Waals surface area contributed by atoms with Gasteiger partial charge in [0.05, 0.1) is 0 Å². The molecule has 2 aliphatic rings. The molecule has 17 heavy (non-hydrogen) atoms. The molecule has 1 fully saturated rings. The monoisotopic (exact) mass is 231 g/mol. The third kappa shape index (κ3) is 2.47. The Hall–Kier alpha value is -1.02. The van der Waals surface area contributed by atoms with Gasteiger partial charge in [0.25, 0.3) is 0 Å². The maximum absolute atomic E-state index is 5.44. The first-order valence-electron chi connectivity index (χ1n) is 6.77. The highest BCUT2D eigenvalue weighted by Crippen LogP contribution is 2.27. The molecule has 3 rings (SSSR count). The van der Waals surface area contributed by atoms with Gasteiger partial charge in [0, 0.05) is 24.9 Å². The Labute approximate surface area is 103 Å². The normalized spacial score (nSPS) is 27.6. The molecule has 0 saturated carbocycles. The quantitative estimate of drug-likeness (QED) is 0.844. The largest absolute Gasteiger partial charge is 0.382 e. The molecular weight excluding hydrogens is 210 g/mol. The molecule has 0 spiro atoms. The van der Waals surface area contributed by atoms with Crippen molar-refractivity contribution in [3.63, 3.8) is 0 Å². The Morgan fingerprint density at radius 2 is 2.29 bits per heavy atom. The number of hydrogen-bond acceptors (Lipinski definition) is 2. The molecule has 1 N–H and O–H groups in total. The summed E-state index contributed by atoms with van der Waals surface area (Å²) in [7, 11) is 0. The lowest BCUT2D eigenvalue weighted by molar-refractivity contribution is 0.186. The van der Waals surface area contributed by atoms with Crippen molar-refractivity contribution in [2.45, 2.75) is 38.6 Å². The van der Waals surface area contributed by atoms with Crippen LogP contribution in [-0.2, 0) is 17.6 Å². The van der Waals surface area contributed by atoms with Crippen molar-refractivity contribution in [3.05, 3.63) is 29.3 Å². The SMILES string of the molecule is CC1CCc2cc(CC3CCOC3)ccc2N1. The second-order valence-electron chi connectivity index (χ2n) is 5.51. The van der Waals surface area contributed by atoms with E-state index >= 15 is 0 Å². The fraction of sp³-hybridized carbons (Fsp3) is 0.600. The Kier molecular flexibility index (Phi) is 3.06. The molecule has 1 aromatic rings. The number of fused-ring (bicyclic) bond motifs is 1. The highest BCUT2D eigenvalue weighted by molar-refractivity contribution is 5.55. The summed E-state index contributed by atoms with van der Waals surface area (Å²) in [5, 5.41) is 3.56. The minimum absolute atomic E-state index is 0.622. The Morgan fingerprint density at radius 1 is 1.35 bits per heavy atom. The zero-order chi connectivity index (χ0) is 11.7. The summed E-state index contributed by atoms with van der Waals surface area (Å²) in [5.74, 6) is 0.739. The molecule has 2 nitrogen and oxygen atoms in total. The lowest BCUT2D eigenvalue weighted by Gasteiger charge is -2.24. The number of aryl methyl sites for hydroxylation is 1. The third-order valence-corrected chi connectivity index (χ3v) is 3.97. The van der Waals surface area contributed by atoms with Crippen molar-refractivity contribution in [2.24, 2.45) is 5.92 Å². The predicted molar refractivity (Wildman–Crippen MR) is 70.5 cm³/mol. The van der Waals surface area contributed by atoms with E-state index in [-0.39, 0.29) is 0 Å². The second-order valence-corrected chi connectivity index (χ2v) is 5.51. The van der Waals surface area contributed by atoms with Crippen molar-refractivity contribution in [3.8, 4) is 0 Å². The summed E-state index contributed by atoms with van der Waals surface area (Å²) in [6, 6.07) is 7.56. The van der Waals surface area contributed by atoms with Gasteiger partial charge in [-0.25, -0.2) is 0 Å². The van der Waals surface area contributed by atoms with Crippen LogP contribution in [0.5, 0.6) is 0 Å². The second kappa shape index (κ2) is 4.69. The summed E-state index contributed by atoms with van der Waals surface area (Å²) in [5.41, 5.74) is 4.32. The van der Waals surface area contributed by atoms with Crippen LogP contribution in [0.2, 0.25) is 0 Å². The van der Waals surface area contributed by atoms with E-state index in [2.05, 4.69) is 30.4 Å². The molecule has 2 aliphatic heterocycles. The third-order valence-electron chi connectivity index (χ3n) is 3.97. The van der Waals surface area contributed by atoms with Crippen molar-refractivity contribution in [1.29, 1.82) is 0 Å². The van der Waals surface area contributed by atoms with E-state index < -0.39 is 0 Å². The average molecular weight is 231 g/mol. The number of anilines is 1. The molecule has 1 saturated heterocycles. The first-order valence-corrected chi connectivity index (χ1v) is 6.77. The zero-order valence-electron chi connectivity index (χ0n) is 10.5. The summed E-state index contributed by atoms with van der Waals surface area (Å²) >= 11 is 0. The molecule has 0 amide bonds. The molecule has 92 valence electrons. The smallest absolute Gasteiger partial charge is 0.0498 e. The Balaban J connectivity index is 1.74. The molecule has 0 radical (unpaired) electrons. The van der Waals surface area contributed by atoms with Crippen LogP contribution in [0, 0.1) is 5.92 Å². The highest BCUT2D eigenvalue weighted by Gasteiger charge is 2.18. The van der Waals surface area contributed by atoms with Crippen LogP contribution in [0.25, 0.3) is 0 Å². The Bertz CT molecular complexity index is 396. The van der Waals surface area contributed by atoms with Crippen molar-refractivity contribution >= 4 is 5.69 Å². The van der Waals surface area contributed by atoms with E-state index in [0.717, 1.165) is 19.1 Å². The van der Waals surface area contributed by atoms with Crippen LogP contribution in [0.15, 0.2) is 18.2 Å². The molecule has 2 heteroatoms. The minimum atomic E-state index is 0.622. The summed E-state index contributed by atoms with van der Waals surface area (Å²) < 4.78 is 5.44. The highest BCUT2D eigenvalue weighted by atomic mass is 16.5. The van der Waals surface area contributed by atoms with Crippen LogP contribution >= 0.6 is 0 Å². The predicted octanol–water partition coefficient (Wildman–Crippen LogP) is 3.01. The van der Waals surface area contributed by atoms with Gasteiger partial charge in [0.1, 0.15) is 0 Å². The van der Waals surface area contributed by atoms with Gasteiger partial charge in [0.15, 0.2) is 0 Å². The average Bonchev–Trinajstić information content (AvgIpc) is 2.82. The number of ether oxygens (including phenoxy) is 1.